The molecule has 0 bridgehead atoms. The molecule has 2 rings (SSSR count). The van der Waals surface area contributed by atoms with Gasteiger partial charge in [0, 0.05) is 10.5 Å². The summed E-state index contributed by atoms with van der Waals surface area (Å²) in [5.41, 5.74) is 6.31. The van der Waals surface area contributed by atoms with Gasteiger partial charge in [-0.15, -0.1) is 0 Å². The second kappa shape index (κ2) is 6.09. The monoisotopic (exact) mass is 312 g/mol. The largest absolute Gasteiger partial charge is 0.482 e. The highest BCUT2D eigenvalue weighted by atomic mass is 79.9. The molecular formula is C13H17BrN2O2. The van der Waals surface area contributed by atoms with E-state index in [1.165, 1.54) is 12.8 Å². The summed E-state index contributed by atoms with van der Waals surface area (Å²) < 4.78 is 6.30. The second-order valence-electron chi connectivity index (χ2n) is 4.52. The zero-order chi connectivity index (χ0) is 13.0. The Kier molecular flexibility index (Phi) is 4.47. The van der Waals surface area contributed by atoms with Gasteiger partial charge in [0.2, 0.25) is 0 Å². The molecule has 0 aliphatic heterocycles. The summed E-state index contributed by atoms with van der Waals surface area (Å²) in [7, 11) is 0. The number of ether oxygens (including phenoxy) is 1. The molecule has 0 unspecified atom stereocenters. The van der Waals surface area contributed by atoms with Crippen molar-refractivity contribution >= 4 is 27.5 Å². The lowest BCUT2D eigenvalue weighted by Gasteiger charge is -2.13. The van der Waals surface area contributed by atoms with Crippen molar-refractivity contribution in [3.05, 3.63) is 22.7 Å². The molecule has 1 aromatic rings. The molecule has 4 nitrogen and oxygen atoms in total. The number of hydrogen-bond acceptors (Lipinski definition) is 3. The first-order valence-corrected chi connectivity index (χ1v) is 6.91. The number of halogens is 1. The fraction of sp³-hybridized carbons (Fsp3) is 0.462. The molecule has 1 aliphatic carbocycles. The summed E-state index contributed by atoms with van der Waals surface area (Å²) in [5, 5.41) is 2.97. The van der Waals surface area contributed by atoms with Crippen molar-refractivity contribution in [1.29, 1.82) is 0 Å². The van der Waals surface area contributed by atoms with Crippen molar-refractivity contribution < 1.29 is 9.53 Å². The highest BCUT2D eigenvalue weighted by Gasteiger charge is 2.17. The van der Waals surface area contributed by atoms with Gasteiger partial charge >= 0.3 is 0 Å². The van der Waals surface area contributed by atoms with Crippen molar-refractivity contribution in [2.75, 3.05) is 12.3 Å². The summed E-state index contributed by atoms with van der Waals surface area (Å²) in [6.45, 7) is 0.0162. The van der Waals surface area contributed by atoms with E-state index >= 15 is 0 Å². The van der Waals surface area contributed by atoms with E-state index in [1.54, 1.807) is 12.1 Å². The molecular weight excluding hydrogens is 296 g/mol. The first kappa shape index (κ1) is 13.2. The van der Waals surface area contributed by atoms with Crippen LogP contribution < -0.4 is 15.8 Å². The van der Waals surface area contributed by atoms with Crippen LogP contribution in [0.4, 0.5) is 5.69 Å². The molecule has 1 aromatic carbocycles. The molecule has 0 aromatic heterocycles. The van der Waals surface area contributed by atoms with Crippen LogP contribution in [0, 0.1) is 0 Å². The predicted octanol–water partition coefficient (Wildman–Crippen LogP) is 2.47. The maximum absolute atomic E-state index is 11.7. The average Bonchev–Trinajstić information content (AvgIpc) is 2.80. The maximum Gasteiger partial charge on any atom is 0.258 e. The number of rotatable bonds is 4. The Morgan fingerprint density at radius 3 is 2.83 bits per heavy atom. The van der Waals surface area contributed by atoms with Crippen molar-refractivity contribution in [2.45, 2.75) is 31.7 Å². The zero-order valence-electron chi connectivity index (χ0n) is 10.1. The maximum atomic E-state index is 11.7. The van der Waals surface area contributed by atoms with E-state index in [9.17, 15) is 4.79 Å². The average molecular weight is 313 g/mol. The van der Waals surface area contributed by atoms with Crippen LogP contribution >= 0.6 is 15.9 Å². The lowest BCUT2D eigenvalue weighted by atomic mass is 10.2. The van der Waals surface area contributed by atoms with E-state index in [4.69, 9.17) is 10.5 Å². The van der Waals surface area contributed by atoms with Crippen LogP contribution in [-0.4, -0.2) is 18.6 Å². The Balaban J connectivity index is 1.81. The summed E-state index contributed by atoms with van der Waals surface area (Å²) in [6, 6.07) is 5.66. The van der Waals surface area contributed by atoms with E-state index in [1.807, 2.05) is 6.07 Å². The van der Waals surface area contributed by atoms with Crippen LogP contribution in [0.1, 0.15) is 25.7 Å². The molecule has 1 fully saturated rings. The number of nitrogens with two attached hydrogens (primary N) is 1. The van der Waals surface area contributed by atoms with Gasteiger partial charge in [-0.05, 0) is 31.0 Å². The summed E-state index contributed by atoms with van der Waals surface area (Å²) in [6.07, 6.45) is 4.55. The molecule has 1 aliphatic rings. The third-order valence-electron chi connectivity index (χ3n) is 3.05. The topological polar surface area (TPSA) is 64.3 Å². The molecule has 0 radical (unpaired) electrons. The van der Waals surface area contributed by atoms with Crippen molar-refractivity contribution in [1.82, 2.24) is 5.32 Å². The molecule has 0 saturated heterocycles. The SMILES string of the molecule is Nc1cc(Br)ccc1OCC(=O)NC1CCCC1. The Morgan fingerprint density at radius 2 is 2.17 bits per heavy atom. The molecule has 0 heterocycles. The first-order valence-electron chi connectivity index (χ1n) is 6.12. The van der Waals surface area contributed by atoms with Gasteiger partial charge in [-0.25, -0.2) is 0 Å². The minimum absolute atomic E-state index is 0.0162. The third kappa shape index (κ3) is 3.63. The van der Waals surface area contributed by atoms with Crippen LogP contribution in [0.25, 0.3) is 0 Å². The number of benzene rings is 1. The molecule has 1 amide bonds. The Bertz CT molecular complexity index is 431. The molecule has 98 valence electrons. The van der Waals surface area contributed by atoms with Crippen molar-refractivity contribution in [3.63, 3.8) is 0 Å². The predicted molar refractivity (Wildman–Crippen MR) is 74.4 cm³/mol. The lowest BCUT2D eigenvalue weighted by molar-refractivity contribution is -0.123. The molecule has 18 heavy (non-hydrogen) atoms. The van der Waals surface area contributed by atoms with Gasteiger partial charge in [-0.1, -0.05) is 28.8 Å². The number of amides is 1. The van der Waals surface area contributed by atoms with E-state index in [-0.39, 0.29) is 12.5 Å². The number of anilines is 1. The molecule has 1 saturated carbocycles. The number of hydrogen-bond donors (Lipinski definition) is 2. The number of nitrogen functional groups attached to an aromatic ring is 1. The summed E-state index contributed by atoms with van der Waals surface area (Å²) in [5.74, 6) is 0.462. The number of nitrogens with one attached hydrogen (secondary N) is 1. The quantitative estimate of drug-likeness (QED) is 0.839. The van der Waals surface area contributed by atoms with Crippen molar-refractivity contribution in [2.24, 2.45) is 0 Å². The highest BCUT2D eigenvalue weighted by molar-refractivity contribution is 9.10. The van der Waals surface area contributed by atoms with Gasteiger partial charge in [-0.3, -0.25) is 4.79 Å². The van der Waals surface area contributed by atoms with Gasteiger partial charge in [0.05, 0.1) is 5.69 Å². The number of carbonyl (C=O) groups excluding carboxylic acids is 1. The first-order chi connectivity index (χ1) is 8.65. The van der Waals surface area contributed by atoms with E-state index in [0.717, 1.165) is 17.3 Å². The summed E-state index contributed by atoms with van der Waals surface area (Å²) >= 11 is 3.32. The van der Waals surface area contributed by atoms with Crippen LogP contribution in [0.3, 0.4) is 0 Å². The van der Waals surface area contributed by atoms with E-state index in [2.05, 4.69) is 21.2 Å². The van der Waals surface area contributed by atoms with E-state index < -0.39 is 0 Å². The smallest absolute Gasteiger partial charge is 0.258 e. The zero-order valence-corrected chi connectivity index (χ0v) is 11.7. The van der Waals surface area contributed by atoms with Crippen LogP contribution in [0.15, 0.2) is 22.7 Å². The van der Waals surface area contributed by atoms with Gasteiger partial charge in [0.15, 0.2) is 6.61 Å². The van der Waals surface area contributed by atoms with Crippen LogP contribution in [0.2, 0.25) is 0 Å². The fourth-order valence-electron chi connectivity index (χ4n) is 2.13. The Hall–Kier alpha value is -1.23. The fourth-order valence-corrected chi connectivity index (χ4v) is 2.51. The van der Waals surface area contributed by atoms with E-state index in [0.29, 0.717) is 17.5 Å². The van der Waals surface area contributed by atoms with Crippen LogP contribution in [0.5, 0.6) is 5.75 Å². The van der Waals surface area contributed by atoms with Crippen molar-refractivity contribution in [3.8, 4) is 5.75 Å². The summed E-state index contributed by atoms with van der Waals surface area (Å²) in [4.78, 5) is 11.7. The molecule has 5 heteroatoms. The van der Waals surface area contributed by atoms with Crippen LogP contribution in [-0.2, 0) is 4.79 Å². The minimum atomic E-state index is -0.0794. The normalized spacial score (nSPS) is 15.6. The Morgan fingerprint density at radius 1 is 1.44 bits per heavy atom. The Labute approximate surface area is 115 Å². The number of carbonyl (C=O) groups is 1. The van der Waals surface area contributed by atoms with Gasteiger partial charge in [-0.2, -0.15) is 0 Å². The standard InChI is InChI=1S/C13H17BrN2O2/c14-9-5-6-12(11(15)7-9)18-8-13(17)16-10-3-1-2-4-10/h5-7,10H,1-4,8,15H2,(H,16,17). The van der Waals surface area contributed by atoms with Gasteiger partial charge in [0.1, 0.15) is 5.75 Å². The second-order valence-corrected chi connectivity index (χ2v) is 5.44. The molecule has 0 atom stereocenters. The highest BCUT2D eigenvalue weighted by Crippen LogP contribution is 2.25. The van der Waals surface area contributed by atoms with Gasteiger partial charge < -0.3 is 15.8 Å². The lowest BCUT2D eigenvalue weighted by Crippen LogP contribution is -2.36. The molecule has 0 spiro atoms. The minimum Gasteiger partial charge on any atom is -0.482 e. The third-order valence-corrected chi connectivity index (χ3v) is 3.54. The van der Waals surface area contributed by atoms with Gasteiger partial charge in [0.25, 0.3) is 5.91 Å². The molecule has 3 N–H and O–H groups in total.